The van der Waals surface area contributed by atoms with E-state index in [4.69, 9.17) is 5.11 Å². The molecule has 1 N–H and O–H groups in total. The molecule has 0 radical (unpaired) electrons. The molecule has 4 nitrogen and oxygen atoms in total. The lowest BCUT2D eigenvalue weighted by molar-refractivity contribution is -0.138. The van der Waals surface area contributed by atoms with Gasteiger partial charge in [-0.3, -0.25) is 4.79 Å². The Morgan fingerprint density at radius 2 is 2.28 bits per heavy atom. The number of hydrogen-bond donors (Lipinski definition) is 1. The number of thiazole rings is 1. The van der Waals surface area contributed by atoms with Crippen LogP contribution in [0.3, 0.4) is 0 Å². The molecule has 2 rings (SSSR count). The van der Waals surface area contributed by atoms with E-state index in [-0.39, 0.29) is 0 Å². The molecule has 18 heavy (non-hydrogen) atoms. The SMILES string of the molecule is CCC(C(=O)O)c1csc(C2CCN(C)CC2)n1. The molecule has 1 aromatic heterocycles. The second kappa shape index (κ2) is 5.80. The van der Waals surface area contributed by atoms with Crippen LogP contribution in [-0.4, -0.2) is 41.1 Å². The highest BCUT2D eigenvalue weighted by Crippen LogP contribution is 2.32. The second-order valence-corrected chi connectivity index (χ2v) is 5.88. The molecule has 1 aromatic rings. The third-order valence-electron chi connectivity index (χ3n) is 3.67. The van der Waals surface area contributed by atoms with Crippen LogP contribution in [0.15, 0.2) is 5.38 Å². The van der Waals surface area contributed by atoms with Crippen molar-refractivity contribution in [1.29, 1.82) is 0 Å². The van der Waals surface area contributed by atoms with Crippen LogP contribution < -0.4 is 0 Å². The van der Waals surface area contributed by atoms with Gasteiger partial charge in [-0.25, -0.2) is 4.98 Å². The molecule has 0 saturated carbocycles. The zero-order valence-corrected chi connectivity index (χ0v) is 11.7. The number of rotatable bonds is 4. The van der Waals surface area contributed by atoms with Gasteiger partial charge in [0, 0.05) is 11.3 Å². The summed E-state index contributed by atoms with van der Waals surface area (Å²) < 4.78 is 0. The molecule has 1 atom stereocenters. The molecular formula is C13H20N2O2S. The minimum atomic E-state index is -0.766. The Morgan fingerprint density at radius 1 is 1.61 bits per heavy atom. The number of carboxylic acids is 1. The third kappa shape index (κ3) is 2.90. The van der Waals surface area contributed by atoms with Crippen molar-refractivity contribution in [2.24, 2.45) is 0 Å². The first-order chi connectivity index (χ1) is 8.61. The van der Waals surface area contributed by atoms with E-state index >= 15 is 0 Å². The van der Waals surface area contributed by atoms with E-state index in [2.05, 4.69) is 16.9 Å². The average Bonchev–Trinajstić information content (AvgIpc) is 2.80. The molecule has 2 heterocycles. The smallest absolute Gasteiger partial charge is 0.312 e. The van der Waals surface area contributed by atoms with Crippen LogP contribution in [0.2, 0.25) is 0 Å². The van der Waals surface area contributed by atoms with Crippen molar-refractivity contribution in [3.05, 3.63) is 16.1 Å². The van der Waals surface area contributed by atoms with E-state index in [9.17, 15) is 4.79 Å². The van der Waals surface area contributed by atoms with Crippen LogP contribution in [0.4, 0.5) is 0 Å². The zero-order chi connectivity index (χ0) is 13.1. The van der Waals surface area contributed by atoms with Crippen LogP contribution in [0.25, 0.3) is 0 Å². The Bertz CT molecular complexity index is 411. The Morgan fingerprint density at radius 3 is 2.83 bits per heavy atom. The van der Waals surface area contributed by atoms with Crippen LogP contribution in [0, 0.1) is 0 Å². The van der Waals surface area contributed by atoms with Crippen molar-refractivity contribution in [2.75, 3.05) is 20.1 Å². The van der Waals surface area contributed by atoms with Gasteiger partial charge in [0.1, 0.15) is 0 Å². The van der Waals surface area contributed by atoms with Crippen molar-refractivity contribution in [2.45, 2.75) is 38.0 Å². The van der Waals surface area contributed by atoms with Crippen LogP contribution in [0.5, 0.6) is 0 Å². The lowest BCUT2D eigenvalue weighted by atomic mass is 9.97. The number of hydrogen-bond acceptors (Lipinski definition) is 4. The Labute approximate surface area is 112 Å². The summed E-state index contributed by atoms with van der Waals surface area (Å²) in [4.78, 5) is 18.0. The van der Waals surface area contributed by atoms with E-state index in [1.165, 1.54) is 0 Å². The van der Waals surface area contributed by atoms with Gasteiger partial charge >= 0.3 is 5.97 Å². The lowest BCUT2D eigenvalue weighted by Crippen LogP contribution is -2.29. The van der Waals surface area contributed by atoms with Gasteiger partial charge < -0.3 is 10.0 Å². The molecule has 1 aliphatic rings. The van der Waals surface area contributed by atoms with Crippen LogP contribution >= 0.6 is 11.3 Å². The summed E-state index contributed by atoms with van der Waals surface area (Å²) in [6.45, 7) is 4.11. The highest BCUT2D eigenvalue weighted by atomic mass is 32.1. The summed E-state index contributed by atoms with van der Waals surface area (Å²) in [5, 5.41) is 12.2. The van der Waals surface area contributed by atoms with Crippen molar-refractivity contribution in [3.8, 4) is 0 Å². The molecule has 0 amide bonds. The fourth-order valence-electron chi connectivity index (χ4n) is 2.41. The molecule has 0 spiro atoms. The third-order valence-corrected chi connectivity index (χ3v) is 4.70. The van der Waals surface area contributed by atoms with Gasteiger partial charge in [-0.15, -0.1) is 11.3 Å². The van der Waals surface area contributed by atoms with E-state index < -0.39 is 11.9 Å². The van der Waals surface area contributed by atoms with E-state index in [0.29, 0.717) is 12.3 Å². The first kappa shape index (κ1) is 13.5. The topological polar surface area (TPSA) is 53.4 Å². The first-order valence-electron chi connectivity index (χ1n) is 6.48. The molecule has 0 bridgehead atoms. The molecule has 0 aliphatic carbocycles. The van der Waals surface area contributed by atoms with Gasteiger partial charge in [-0.2, -0.15) is 0 Å². The normalized spacial score (nSPS) is 19.9. The van der Waals surface area contributed by atoms with Gasteiger partial charge in [0.25, 0.3) is 0 Å². The van der Waals surface area contributed by atoms with Crippen molar-refractivity contribution < 1.29 is 9.90 Å². The maximum Gasteiger partial charge on any atom is 0.312 e. The summed E-state index contributed by atoms with van der Waals surface area (Å²) >= 11 is 1.63. The predicted octanol–water partition coefficient (Wildman–Crippen LogP) is 2.53. The van der Waals surface area contributed by atoms with Crippen molar-refractivity contribution in [1.82, 2.24) is 9.88 Å². The molecular weight excluding hydrogens is 248 g/mol. The van der Waals surface area contributed by atoms with E-state index in [0.717, 1.165) is 36.6 Å². The Balaban J connectivity index is 2.08. The Kier molecular flexibility index (Phi) is 4.35. The zero-order valence-electron chi connectivity index (χ0n) is 10.9. The first-order valence-corrected chi connectivity index (χ1v) is 7.36. The summed E-state index contributed by atoms with van der Waals surface area (Å²) in [5.74, 6) is -0.690. The molecule has 1 saturated heterocycles. The monoisotopic (exact) mass is 268 g/mol. The number of carbonyl (C=O) groups is 1. The summed E-state index contributed by atoms with van der Waals surface area (Å²) in [6, 6.07) is 0. The predicted molar refractivity (Wildman–Crippen MR) is 72.3 cm³/mol. The van der Waals surface area contributed by atoms with E-state index in [1.807, 2.05) is 12.3 Å². The fraction of sp³-hybridized carbons (Fsp3) is 0.692. The minimum absolute atomic E-state index is 0.443. The average molecular weight is 268 g/mol. The lowest BCUT2D eigenvalue weighted by Gasteiger charge is -2.27. The largest absolute Gasteiger partial charge is 0.481 e. The molecule has 1 aliphatic heterocycles. The van der Waals surface area contributed by atoms with Crippen LogP contribution in [-0.2, 0) is 4.79 Å². The van der Waals surface area contributed by atoms with Crippen LogP contribution in [0.1, 0.15) is 48.7 Å². The molecule has 1 unspecified atom stereocenters. The quantitative estimate of drug-likeness (QED) is 0.911. The summed E-state index contributed by atoms with van der Waals surface area (Å²) in [5.41, 5.74) is 0.740. The number of aromatic nitrogens is 1. The Hall–Kier alpha value is -0.940. The molecule has 0 aromatic carbocycles. The number of aliphatic carboxylic acids is 1. The maximum atomic E-state index is 11.1. The number of nitrogens with zero attached hydrogens (tertiary/aromatic N) is 2. The van der Waals surface area contributed by atoms with Gasteiger partial charge in [-0.05, 0) is 39.4 Å². The van der Waals surface area contributed by atoms with Gasteiger partial charge in [0.2, 0.25) is 0 Å². The fourth-order valence-corrected chi connectivity index (χ4v) is 3.46. The minimum Gasteiger partial charge on any atom is -0.481 e. The molecule has 1 fully saturated rings. The molecule has 5 heteroatoms. The number of carboxylic acid groups (broad SMARTS) is 1. The summed E-state index contributed by atoms with van der Waals surface area (Å²) in [7, 11) is 2.14. The second-order valence-electron chi connectivity index (χ2n) is 4.99. The highest BCUT2D eigenvalue weighted by molar-refractivity contribution is 7.09. The standard InChI is InChI=1S/C13H20N2O2S/c1-3-10(13(16)17)11-8-18-12(14-11)9-4-6-15(2)7-5-9/h8-10H,3-7H2,1-2H3,(H,16,17). The van der Waals surface area contributed by atoms with Gasteiger partial charge in [-0.1, -0.05) is 6.92 Å². The van der Waals surface area contributed by atoms with Crippen molar-refractivity contribution >= 4 is 17.3 Å². The number of likely N-dealkylation sites (tertiary alicyclic amines) is 1. The number of piperidine rings is 1. The highest BCUT2D eigenvalue weighted by Gasteiger charge is 2.25. The maximum absolute atomic E-state index is 11.1. The summed E-state index contributed by atoms with van der Waals surface area (Å²) in [6.07, 6.45) is 2.87. The van der Waals surface area contributed by atoms with Gasteiger partial charge in [0.05, 0.1) is 16.6 Å². The van der Waals surface area contributed by atoms with Gasteiger partial charge in [0.15, 0.2) is 0 Å². The van der Waals surface area contributed by atoms with Crippen molar-refractivity contribution in [3.63, 3.8) is 0 Å². The molecule has 100 valence electrons. The van der Waals surface area contributed by atoms with E-state index in [1.54, 1.807) is 11.3 Å².